The van der Waals surface area contributed by atoms with Crippen LogP contribution in [0.15, 0.2) is 48.8 Å². The summed E-state index contributed by atoms with van der Waals surface area (Å²) in [5.41, 5.74) is 1.56. The van der Waals surface area contributed by atoms with Crippen molar-refractivity contribution < 1.29 is 23.7 Å². The van der Waals surface area contributed by atoms with Gasteiger partial charge in [0.1, 0.15) is 29.0 Å². The van der Waals surface area contributed by atoms with E-state index in [4.69, 9.17) is 18.9 Å². The summed E-state index contributed by atoms with van der Waals surface area (Å²) in [5.74, 6) is 2.88. The quantitative estimate of drug-likeness (QED) is 0.565. The van der Waals surface area contributed by atoms with E-state index in [0.717, 1.165) is 17.5 Å². The second kappa shape index (κ2) is 9.05. The molecule has 1 unspecified atom stereocenters. The standard InChI is InChI=1S/C25H29N3O5/c1-25(2)14-16-7-6-8-20(23(16)33-25)32-15-21(29)27-22(24-26-9-10-28(24)3)17-11-18(30-4)13-19(12-17)31-5/h6-13,22H,14-15H2,1-5H3,(H,27,29). The minimum atomic E-state index is -0.526. The van der Waals surface area contributed by atoms with Crippen LogP contribution in [0.25, 0.3) is 0 Å². The lowest BCUT2D eigenvalue weighted by Gasteiger charge is -2.21. The number of aromatic nitrogens is 2. The summed E-state index contributed by atoms with van der Waals surface area (Å²) in [6.45, 7) is 3.90. The Hall–Kier alpha value is -3.68. The zero-order chi connectivity index (χ0) is 23.6. The molecule has 2 aromatic carbocycles. The van der Waals surface area contributed by atoms with Gasteiger partial charge in [-0.15, -0.1) is 0 Å². The SMILES string of the molecule is COc1cc(OC)cc(C(NC(=O)COc2cccc3c2OC(C)(C)C3)c2nccn2C)c1. The number of nitrogens with zero attached hydrogens (tertiary/aromatic N) is 2. The van der Waals surface area contributed by atoms with E-state index >= 15 is 0 Å². The van der Waals surface area contributed by atoms with Crippen molar-refractivity contribution in [1.82, 2.24) is 14.9 Å². The van der Waals surface area contributed by atoms with E-state index in [-0.39, 0.29) is 18.1 Å². The van der Waals surface area contributed by atoms with Crippen LogP contribution < -0.4 is 24.3 Å². The molecule has 33 heavy (non-hydrogen) atoms. The molecule has 1 atom stereocenters. The van der Waals surface area contributed by atoms with Crippen LogP contribution >= 0.6 is 0 Å². The molecule has 1 aromatic heterocycles. The lowest BCUT2D eigenvalue weighted by molar-refractivity contribution is -0.123. The molecule has 0 saturated carbocycles. The van der Waals surface area contributed by atoms with Crippen molar-refractivity contribution in [2.45, 2.75) is 31.9 Å². The Morgan fingerprint density at radius 1 is 1.21 bits per heavy atom. The lowest BCUT2D eigenvalue weighted by Crippen LogP contribution is -2.34. The molecule has 8 nitrogen and oxygen atoms in total. The highest BCUT2D eigenvalue weighted by Crippen LogP contribution is 2.41. The Bertz CT molecular complexity index is 1130. The van der Waals surface area contributed by atoms with E-state index in [9.17, 15) is 4.79 Å². The molecular formula is C25H29N3O5. The van der Waals surface area contributed by atoms with E-state index in [1.807, 2.05) is 62.0 Å². The molecule has 4 rings (SSSR count). The van der Waals surface area contributed by atoms with Crippen LogP contribution in [0.5, 0.6) is 23.0 Å². The van der Waals surface area contributed by atoms with Crippen LogP contribution in [0.3, 0.4) is 0 Å². The maximum absolute atomic E-state index is 13.0. The second-order valence-electron chi connectivity index (χ2n) is 8.61. The average Bonchev–Trinajstić information content (AvgIpc) is 3.36. The van der Waals surface area contributed by atoms with Crippen molar-refractivity contribution >= 4 is 5.91 Å². The van der Waals surface area contributed by atoms with Crippen LogP contribution in [0, 0.1) is 0 Å². The highest BCUT2D eigenvalue weighted by Gasteiger charge is 2.32. The topological polar surface area (TPSA) is 83.8 Å². The van der Waals surface area contributed by atoms with Crippen LogP contribution in [0.2, 0.25) is 0 Å². The van der Waals surface area contributed by atoms with Crippen molar-refractivity contribution in [3.63, 3.8) is 0 Å². The van der Waals surface area contributed by atoms with Gasteiger partial charge in [-0.1, -0.05) is 12.1 Å². The number of rotatable bonds is 8. The third kappa shape index (κ3) is 4.89. The van der Waals surface area contributed by atoms with Gasteiger partial charge in [-0.2, -0.15) is 0 Å². The van der Waals surface area contributed by atoms with Crippen LogP contribution in [-0.4, -0.2) is 41.9 Å². The van der Waals surface area contributed by atoms with Gasteiger partial charge in [0.05, 0.1) is 14.2 Å². The average molecular weight is 452 g/mol. The molecule has 174 valence electrons. The van der Waals surface area contributed by atoms with Crippen molar-refractivity contribution in [1.29, 1.82) is 0 Å². The molecule has 0 aliphatic carbocycles. The van der Waals surface area contributed by atoms with Gasteiger partial charge in [0.25, 0.3) is 5.91 Å². The van der Waals surface area contributed by atoms with Crippen LogP contribution in [-0.2, 0) is 18.3 Å². The third-order valence-corrected chi connectivity index (χ3v) is 5.54. The van der Waals surface area contributed by atoms with Gasteiger partial charge >= 0.3 is 0 Å². The zero-order valence-corrected chi connectivity index (χ0v) is 19.5. The number of hydrogen-bond donors (Lipinski definition) is 1. The fraction of sp³-hybridized carbons (Fsp3) is 0.360. The molecule has 0 spiro atoms. The number of carbonyl (C=O) groups is 1. The van der Waals surface area contributed by atoms with Gasteiger partial charge in [0, 0.05) is 37.5 Å². The fourth-order valence-corrected chi connectivity index (χ4v) is 4.00. The number of para-hydroxylation sites is 1. The van der Waals surface area contributed by atoms with Crippen molar-refractivity contribution in [3.8, 4) is 23.0 Å². The molecule has 8 heteroatoms. The Balaban J connectivity index is 1.54. The number of amides is 1. The largest absolute Gasteiger partial charge is 0.497 e. The van der Waals surface area contributed by atoms with E-state index < -0.39 is 6.04 Å². The molecule has 3 aromatic rings. The summed E-state index contributed by atoms with van der Waals surface area (Å²) >= 11 is 0. The molecule has 2 heterocycles. The van der Waals surface area contributed by atoms with Crippen molar-refractivity contribution in [3.05, 3.63) is 65.7 Å². The third-order valence-electron chi connectivity index (χ3n) is 5.54. The minimum absolute atomic E-state index is 0.164. The van der Waals surface area contributed by atoms with E-state index in [1.165, 1.54) is 0 Å². The van der Waals surface area contributed by atoms with E-state index in [0.29, 0.717) is 28.8 Å². The van der Waals surface area contributed by atoms with Gasteiger partial charge < -0.3 is 28.8 Å². The first-order chi connectivity index (χ1) is 15.8. The number of imidazole rings is 1. The van der Waals surface area contributed by atoms with Gasteiger partial charge in [-0.25, -0.2) is 4.98 Å². The maximum Gasteiger partial charge on any atom is 0.258 e. The number of benzene rings is 2. The molecule has 1 amide bonds. The second-order valence-corrected chi connectivity index (χ2v) is 8.61. The molecule has 0 radical (unpaired) electrons. The monoisotopic (exact) mass is 451 g/mol. The molecule has 0 bridgehead atoms. The summed E-state index contributed by atoms with van der Waals surface area (Å²) in [6, 6.07) is 10.7. The molecule has 0 saturated heterocycles. The first-order valence-corrected chi connectivity index (χ1v) is 10.7. The Morgan fingerprint density at radius 3 is 2.58 bits per heavy atom. The molecule has 1 aliphatic rings. The highest BCUT2D eigenvalue weighted by molar-refractivity contribution is 5.78. The predicted molar refractivity (Wildman–Crippen MR) is 123 cm³/mol. The number of nitrogens with one attached hydrogen (secondary N) is 1. The highest BCUT2D eigenvalue weighted by atomic mass is 16.5. The first kappa shape index (κ1) is 22.5. The van der Waals surface area contributed by atoms with Gasteiger partial charge in [-0.05, 0) is 37.6 Å². The van der Waals surface area contributed by atoms with Crippen molar-refractivity contribution in [2.24, 2.45) is 7.05 Å². The fourth-order valence-electron chi connectivity index (χ4n) is 4.00. The first-order valence-electron chi connectivity index (χ1n) is 10.7. The summed E-state index contributed by atoms with van der Waals surface area (Å²) in [6.07, 6.45) is 4.31. The summed E-state index contributed by atoms with van der Waals surface area (Å²) in [5, 5.41) is 3.03. The maximum atomic E-state index is 13.0. The normalized spacial score (nSPS) is 14.7. The number of methoxy groups -OCH3 is 2. The Kier molecular flexibility index (Phi) is 6.18. The van der Waals surface area contributed by atoms with Gasteiger partial charge in [-0.3, -0.25) is 4.79 Å². The van der Waals surface area contributed by atoms with E-state index in [1.54, 1.807) is 26.5 Å². The summed E-state index contributed by atoms with van der Waals surface area (Å²) in [4.78, 5) is 17.4. The Morgan fingerprint density at radius 2 is 1.94 bits per heavy atom. The van der Waals surface area contributed by atoms with Gasteiger partial charge in [0.15, 0.2) is 18.1 Å². The Labute approximate surface area is 193 Å². The number of hydrogen-bond acceptors (Lipinski definition) is 6. The summed E-state index contributed by atoms with van der Waals surface area (Å²) in [7, 11) is 5.05. The molecule has 1 aliphatic heterocycles. The number of ether oxygens (including phenoxy) is 4. The van der Waals surface area contributed by atoms with Crippen LogP contribution in [0.4, 0.5) is 0 Å². The molecule has 1 N–H and O–H groups in total. The smallest absolute Gasteiger partial charge is 0.258 e. The van der Waals surface area contributed by atoms with Crippen LogP contribution in [0.1, 0.15) is 36.8 Å². The number of carbonyl (C=O) groups excluding carboxylic acids is 1. The van der Waals surface area contributed by atoms with Gasteiger partial charge in [0.2, 0.25) is 0 Å². The number of aryl methyl sites for hydroxylation is 1. The van der Waals surface area contributed by atoms with Crippen molar-refractivity contribution in [2.75, 3.05) is 20.8 Å². The predicted octanol–water partition coefficient (Wildman–Crippen LogP) is 3.44. The zero-order valence-electron chi connectivity index (χ0n) is 19.5. The summed E-state index contributed by atoms with van der Waals surface area (Å²) < 4.78 is 24.6. The molecular weight excluding hydrogens is 422 g/mol. The van der Waals surface area contributed by atoms with E-state index in [2.05, 4.69) is 10.3 Å². The lowest BCUT2D eigenvalue weighted by atomic mass is 10.0. The molecule has 0 fully saturated rings. The minimum Gasteiger partial charge on any atom is -0.497 e. The number of fused-ring (bicyclic) bond motifs is 1.